The predicted molar refractivity (Wildman–Crippen MR) is 72.4 cm³/mol. The van der Waals surface area contributed by atoms with Gasteiger partial charge in [-0.05, 0) is 31.6 Å². The third-order valence-corrected chi connectivity index (χ3v) is 4.95. The number of hydrogen-bond acceptors (Lipinski definition) is 2. The van der Waals surface area contributed by atoms with Gasteiger partial charge in [-0.3, -0.25) is 4.21 Å². The summed E-state index contributed by atoms with van der Waals surface area (Å²) in [5.41, 5.74) is 0. The minimum atomic E-state index is -0.684. The summed E-state index contributed by atoms with van der Waals surface area (Å²) in [7, 11) is -0.684. The van der Waals surface area contributed by atoms with E-state index in [1.807, 2.05) is 0 Å². The molecule has 1 rings (SSSR count). The summed E-state index contributed by atoms with van der Waals surface area (Å²) in [5, 5.41) is 10.2. The SMILES string of the molecule is CC(C)CCS(=O)CCC[N+]1(O)CCCCC1. The van der Waals surface area contributed by atoms with Crippen molar-refractivity contribution in [3.8, 4) is 0 Å². The van der Waals surface area contributed by atoms with Crippen LogP contribution in [-0.2, 0) is 10.8 Å². The van der Waals surface area contributed by atoms with E-state index in [4.69, 9.17) is 0 Å². The highest BCUT2D eigenvalue weighted by Gasteiger charge is 2.27. The predicted octanol–water partition coefficient (Wildman–Crippen LogP) is 2.56. The Morgan fingerprint density at radius 3 is 2.41 bits per heavy atom. The van der Waals surface area contributed by atoms with Crippen molar-refractivity contribution in [3.05, 3.63) is 0 Å². The maximum atomic E-state index is 11.7. The van der Waals surface area contributed by atoms with Crippen molar-refractivity contribution >= 4 is 10.8 Å². The molecule has 0 aromatic rings. The Morgan fingerprint density at radius 2 is 1.82 bits per heavy atom. The Hall–Kier alpha value is 0.0700. The largest absolute Gasteiger partial charge is 0.260 e. The molecule has 1 fully saturated rings. The van der Waals surface area contributed by atoms with E-state index >= 15 is 0 Å². The zero-order chi connectivity index (χ0) is 12.7. The first kappa shape index (κ1) is 15.1. The highest BCUT2D eigenvalue weighted by atomic mass is 32.2. The maximum absolute atomic E-state index is 11.7. The molecule has 1 aliphatic rings. The van der Waals surface area contributed by atoms with Gasteiger partial charge in [-0.2, -0.15) is 4.65 Å². The van der Waals surface area contributed by atoms with Gasteiger partial charge in [0.1, 0.15) is 19.6 Å². The first-order valence-corrected chi connectivity index (χ1v) is 8.44. The number of likely N-dealkylation sites (tertiary alicyclic amines) is 1. The second kappa shape index (κ2) is 7.49. The van der Waals surface area contributed by atoms with E-state index in [1.165, 1.54) is 6.42 Å². The van der Waals surface area contributed by atoms with E-state index in [0.717, 1.165) is 56.8 Å². The van der Waals surface area contributed by atoms with Crippen LogP contribution in [0.5, 0.6) is 0 Å². The van der Waals surface area contributed by atoms with E-state index in [2.05, 4.69) is 13.8 Å². The van der Waals surface area contributed by atoms with Crippen LogP contribution >= 0.6 is 0 Å². The van der Waals surface area contributed by atoms with E-state index < -0.39 is 10.8 Å². The summed E-state index contributed by atoms with van der Waals surface area (Å²) >= 11 is 0. The molecule has 1 N–H and O–H groups in total. The van der Waals surface area contributed by atoms with Gasteiger partial charge in [0.05, 0.1) is 0 Å². The average molecular weight is 262 g/mol. The van der Waals surface area contributed by atoms with Gasteiger partial charge in [-0.25, -0.2) is 5.21 Å². The van der Waals surface area contributed by atoms with Gasteiger partial charge >= 0.3 is 0 Å². The monoisotopic (exact) mass is 262 g/mol. The summed E-state index contributed by atoms with van der Waals surface area (Å²) in [6, 6.07) is 0. The molecule has 0 radical (unpaired) electrons. The lowest BCUT2D eigenvalue weighted by atomic mass is 10.1. The molecule has 0 spiro atoms. The molecule has 17 heavy (non-hydrogen) atoms. The van der Waals surface area contributed by atoms with Gasteiger partial charge in [-0.15, -0.1) is 0 Å². The molecule has 0 aromatic heterocycles. The van der Waals surface area contributed by atoms with Crippen LogP contribution < -0.4 is 0 Å². The normalized spacial score (nSPS) is 21.6. The van der Waals surface area contributed by atoms with Crippen LogP contribution in [0.15, 0.2) is 0 Å². The summed E-state index contributed by atoms with van der Waals surface area (Å²) in [4.78, 5) is 0. The fourth-order valence-electron chi connectivity index (χ4n) is 2.31. The van der Waals surface area contributed by atoms with Crippen LogP contribution in [0.25, 0.3) is 0 Å². The molecular formula is C13H28NO2S+. The quantitative estimate of drug-likeness (QED) is 0.716. The number of piperidine rings is 1. The van der Waals surface area contributed by atoms with Crippen molar-refractivity contribution in [1.82, 2.24) is 0 Å². The summed E-state index contributed by atoms with van der Waals surface area (Å²) in [5.74, 6) is 2.22. The van der Waals surface area contributed by atoms with Gasteiger partial charge in [0.25, 0.3) is 0 Å². The van der Waals surface area contributed by atoms with Gasteiger partial charge in [0, 0.05) is 28.7 Å². The van der Waals surface area contributed by atoms with Crippen molar-refractivity contribution in [2.45, 2.75) is 46.0 Å². The summed E-state index contributed by atoms with van der Waals surface area (Å²) in [6.07, 6.45) is 5.45. The standard InChI is InChI=1S/C13H28NO2S/c1-13(2)7-12-17(16)11-6-10-14(15)8-4-3-5-9-14/h13,15H,3-12H2,1-2H3/q+1. The lowest BCUT2D eigenvalue weighted by Crippen LogP contribution is -2.49. The number of nitrogens with zero attached hydrogens (tertiary/aromatic N) is 1. The van der Waals surface area contributed by atoms with Gasteiger partial charge < -0.3 is 0 Å². The van der Waals surface area contributed by atoms with E-state index in [-0.39, 0.29) is 4.65 Å². The molecule has 0 aliphatic carbocycles. The van der Waals surface area contributed by atoms with Gasteiger partial charge in [0.2, 0.25) is 0 Å². The second-order valence-electron chi connectivity index (χ2n) is 5.71. The molecule has 0 aromatic carbocycles. The third-order valence-electron chi connectivity index (χ3n) is 3.52. The van der Waals surface area contributed by atoms with Crippen molar-refractivity contribution in [2.24, 2.45) is 5.92 Å². The zero-order valence-corrected chi connectivity index (χ0v) is 12.2. The average Bonchev–Trinajstić information content (AvgIpc) is 2.27. The maximum Gasteiger partial charge on any atom is 0.110 e. The topological polar surface area (TPSA) is 37.3 Å². The molecule has 1 aliphatic heterocycles. The van der Waals surface area contributed by atoms with Crippen LogP contribution in [0.1, 0.15) is 46.0 Å². The molecule has 1 heterocycles. The molecule has 0 amide bonds. The Balaban J connectivity index is 2.11. The van der Waals surface area contributed by atoms with Crippen molar-refractivity contribution in [3.63, 3.8) is 0 Å². The molecule has 102 valence electrons. The third kappa shape index (κ3) is 6.53. The van der Waals surface area contributed by atoms with Crippen molar-refractivity contribution < 1.29 is 14.1 Å². The van der Waals surface area contributed by atoms with Crippen LogP contribution in [0.3, 0.4) is 0 Å². The Labute approximate surface area is 108 Å². The van der Waals surface area contributed by atoms with Crippen LogP contribution in [-0.4, -0.2) is 45.2 Å². The van der Waals surface area contributed by atoms with Gasteiger partial charge in [-0.1, -0.05) is 13.8 Å². The Morgan fingerprint density at radius 1 is 1.18 bits per heavy atom. The molecule has 1 atom stereocenters. The number of quaternary nitrogens is 1. The molecule has 3 nitrogen and oxygen atoms in total. The fourth-order valence-corrected chi connectivity index (χ4v) is 3.70. The zero-order valence-electron chi connectivity index (χ0n) is 11.4. The molecule has 4 heteroatoms. The minimum absolute atomic E-state index is 0.224. The molecule has 0 bridgehead atoms. The number of hydrogen-bond donors (Lipinski definition) is 1. The Kier molecular flexibility index (Phi) is 6.67. The molecular weight excluding hydrogens is 234 g/mol. The van der Waals surface area contributed by atoms with Crippen LogP contribution in [0.4, 0.5) is 0 Å². The highest BCUT2D eigenvalue weighted by Crippen LogP contribution is 2.16. The van der Waals surface area contributed by atoms with E-state index in [9.17, 15) is 9.42 Å². The highest BCUT2D eigenvalue weighted by molar-refractivity contribution is 7.84. The van der Waals surface area contributed by atoms with Crippen LogP contribution in [0.2, 0.25) is 0 Å². The first-order chi connectivity index (χ1) is 8.02. The van der Waals surface area contributed by atoms with E-state index in [0.29, 0.717) is 5.92 Å². The summed E-state index contributed by atoms with van der Waals surface area (Å²) < 4.78 is 11.9. The van der Waals surface area contributed by atoms with Crippen molar-refractivity contribution in [1.29, 1.82) is 0 Å². The van der Waals surface area contributed by atoms with Gasteiger partial charge in [0.15, 0.2) is 0 Å². The Bertz CT molecular complexity index is 238. The molecule has 1 unspecified atom stereocenters. The smallest absolute Gasteiger partial charge is 0.110 e. The van der Waals surface area contributed by atoms with Crippen molar-refractivity contribution in [2.75, 3.05) is 31.1 Å². The summed E-state index contributed by atoms with van der Waals surface area (Å²) in [6.45, 7) is 6.89. The first-order valence-electron chi connectivity index (χ1n) is 6.96. The van der Waals surface area contributed by atoms with E-state index in [1.54, 1.807) is 0 Å². The number of hydroxylamine groups is 3. The lowest BCUT2D eigenvalue weighted by Gasteiger charge is -2.33. The lowest BCUT2D eigenvalue weighted by molar-refractivity contribution is -1.10. The second-order valence-corrected chi connectivity index (χ2v) is 7.41. The molecule has 1 saturated heterocycles. The molecule has 0 saturated carbocycles. The minimum Gasteiger partial charge on any atom is -0.260 e. The number of rotatable bonds is 7. The fraction of sp³-hybridized carbons (Fsp3) is 1.00. The van der Waals surface area contributed by atoms with Crippen LogP contribution in [0, 0.1) is 5.92 Å².